The van der Waals surface area contributed by atoms with Crippen molar-refractivity contribution in [2.45, 2.75) is 33.6 Å². The summed E-state index contributed by atoms with van der Waals surface area (Å²) in [5, 5.41) is 4.51. The van der Waals surface area contributed by atoms with Gasteiger partial charge in [0.2, 0.25) is 5.88 Å². The maximum atomic E-state index is 6.05. The van der Waals surface area contributed by atoms with E-state index in [-0.39, 0.29) is 0 Å². The van der Waals surface area contributed by atoms with E-state index in [9.17, 15) is 0 Å². The molecule has 0 spiro atoms. The third kappa shape index (κ3) is 2.56. The van der Waals surface area contributed by atoms with Gasteiger partial charge in [-0.1, -0.05) is 31.9 Å². The Bertz CT molecular complexity index is 540. The van der Waals surface area contributed by atoms with E-state index in [4.69, 9.17) is 16.3 Å². The van der Waals surface area contributed by atoms with Gasteiger partial charge >= 0.3 is 0 Å². The Morgan fingerprint density at radius 1 is 1.50 bits per heavy atom. The fourth-order valence-corrected chi connectivity index (χ4v) is 2.00. The largest absolute Gasteiger partial charge is 0.477 e. The maximum absolute atomic E-state index is 6.05. The minimum atomic E-state index is 0.411. The lowest BCUT2D eigenvalue weighted by atomic mass is 10.1. The van der Waals surface area contributed by atoms with E-state index >= 15 is 0 Å². The third-order valence-electron chi connectivity index (χ3n) is 2.84. The van der Waals surface area contributed by atoms with Crippen LogP contribution in [0.2, 0.25) is 5.15 Å². The highest BCUT2D eigenvalue weighted by Crippen LogP contribution is 2.24. The number of fused-ring (bicyclic) bond motifs is 1. The molecule has 2 aromatic heterocycles. The minimum absolute atomic E-state index is 0.411. The summed E-state index contributed by atoms with van der Waals surface area (Å²) in [5.41, 5.74) is 0.790. The second-order valence-corrected chi connectivity index (χ2v) is 4.87. The highest BCUT2D eigenvalue weighted by atomic mass is 35.5. The molecule has 98 valence electrons. The van der Waals surface area contributed by atoms with Gasteiger partial charge in [0, 0.05) is 5.56 Å². The summed E-state index contributed by atoms with van der Waals surface area (Å²) in [6, 6.07) is 0. The van der Waals surface area contributed by atoms with Crippen molar-refractivity contribution in [3.8, 4) is 5.88 Å². The molecule has 6 heteroatoms. The van der Waals surface area contributed by atoms with Gasteiger partial charge in [0.25, 0.3) is 5.78 Å². The molecule has 0 radical (unpaired) electrons. The lowest BCUT2D eigenvalue weighted by Crippen LogP contribution is -2.12. The first-order chi connectivity index (χ1) is 8.63. The molecule has 0 aromatic carbocycles. The van der Waals surface area contributed by atoms with E-state index in [1.807, 2.05) is 6.92 Å². The van der Waals surface area contributed by atoms with Crippen LogP contribution in [-0.2, 0) is 0 Å². The monoisotopic (exact) mass is 268 g/mol. The highest BCUT2D eigenvalue weighted by Gasteiger charge is 2.14. The second kappa shape index (κ2) is 5.52. The van der Waals surface area contributed by atoms with E-state index < -0.39 is 0 Å². The normalized spacial score (nSPS) is 12.9. The standard InChI is InChI=1S/C12H17ClN4O/c1-4-5-8(2)6-18-11-9(3)10(13)16-12-14-7-15-17(11)12/h7-8H,4-6H2,1-3H3. The summed E-state index contributed by atoms with van der Waals surface area (Å²) in [7, 11) is 0. The van der Waals surface area contributed by atoms with Crippen molar-refractivity contribution in [2.24, 2.45) is 5.92 Å². The van der Waals surface area contributed by atoms with E-state index in [0.29, 0.717) is 29.3 Å². The van der Waals surface area contributed by atoms with Gasteiger partial charge in [-0.3, -0.25) is 0 Å². The maximum Gasteiger partial charge on any atom is 0.256 e. The summed E-state index contributed by atoms with van der Waals surface area (Å²) in [4.78, 5) is 8.16. The minimum Gasteiger partial charge on any atom is -0.477 e. The Morgan fingerprint density at radius 3 is 3.00 bits per heavy atom. The average molecular weight is 269 g/mol. The Morgan fingerprint density at radius 2 is 2.28 bits per heavy atom. The number of halogens is 1. The molecule has 2 aromatic rings. The van der Waals surface area contributed by atoms with Crippen LogP contribution in [0.1, 0.15) is 32.3 Å². The van der Waals surface area contributed by atoms with Gasteiger partial charge in [-0.15, -0.1) is 0 Å². The fraction of sp³-hybridized carbons (Fsp3) is 0.583. The smallest absolute Gasteiger partial charge is 0.256 e. The molecule has 0 aliphatic carbocycles. The molecular weight excluding hydrogens is 252 g/mol. The van der Waals surface area contributed by atoms with Crippen LogP contribution in [0.25, 0.3) is 5.78 Å². The van der Waals surface area contributed by atoms with E-state index in [1.54, 1.807) is 4.52 Å². The molecule has 1 atom stereocenters. The first-order valence-electron chi connectivity index (χ1n) is 6.12. The number of nitrogens with zero attached hydrogens (tertiary/aromatic N) is 4. The van der Waals surface area contributed by atoms with Crippen LogP contribution >= 0.6 is 11.6 Å². The van der Waals surface area contributed by atoms with Crippen molar-refractivity contribution in [3.63, 3.8) is 0 Å². The van der Waals surface area contributed by atoms with Crippen molar-refractivity contribution < 1.29 is 4.74 Å². The van der Waals surface area contributed by atoms with E-state index in [0.717, 1.165) is 18.4 Å². The lowest BCUT2D eigenvalue weighted by Gasteiger charge is -2.14. The molecule has 0 saturated carbocycles. The second-order valence-electron chi connectivity index (χ2n) is 4.51. The van der Waals surface area contributed by atoms with Crippen molar-refractivity contribution in [1.82, 2.24) is 19.6 Å². The highest BCUT2D eigenvalue weighted by molar-refractivity contribution is 6.30. The molecule has 0 saturated heterocycles. The van der Waals surface area contributed by atoms with Gasteiger partial charge < -0.3 is 4.74 Å². The zero-order valence-corrected chi connectivity index (χ0v) is 11.6. The third-order valence-corrected chi connectivity index (χ3v) is 3.20. The fourth-order valence-electron chi connectivity index (χ4n) is 1.84. The topological polar surface area (TPSA) is 52.3 Å². The van der Waals surface area contributed by atoms with Gasteiger partial charge in [0.1, 0.15) is 11.5 Å². The Balaban J connectivity index is 2.26. The Kier molecular flexibility index (Phi) is 4.01. The molecule has 0 aliphatic heterocycles. The van der Waals surface area contributed by atoms with Crippen LogP contribution in [0.4, 0.5) is 0 Å². The van der Waals surface area contributed by atoms with Crippen molar-refractivity contribution >= 4 is 17.4 Å². The number of hydrogen-bond acceptors (Lipinski definition) is 4. The Hall–Kier alpha value is -1.36. The number of rotatable bonds is 5. The van der Waals surface area contributed by atoms with Crippen LogP contribution in [0, 0.1) is 12.8 Å². The summed E-state index contributed by atoms with van der Waals surface area (Å²) in [6.45, 7) is 6.85. The molecule has 2 heterocycles. The molecule has 0 N–H and O–H groups in total. The number of aromatic nitrogens is 4. The number of hydrogen-bond donors (Lipinski definition) is 0. The first kappa shape index (κ1) is 13.1. The first-order valence-corrected chi connectivity index (χ1v) is 6.50. The SMILES string of the molecule is CCCC(C)COc1c(C)c(Cl)nc2ncnn12. The molecule has 2 rings (SSSR count). The van der Waals surface area contributed by atoms with Crippen LogP contribution in [-0.4, -0.2) is 26.2 Å². The van der Waals surface area contributed by atoms with Crippen LogP contribution in [0.15, 0.2) is 6.33 Å². The summed E-state index contributed by atoms with van der Waals surface area (Å²) in [6.07, 6.45) is 3.73. The molecule has 0 amide bonds. The van der Waals surface area contributed by atoms with Crippen molar-refractivity contribution in [2.75, 3.05) is 6.61 Å². The zero-order chi connectivity index (χ0) is 13.1. The van der Waals surface area contributed by atoms with E-state index in [1.165, 1.54) is 6.33 Å². The van der Waals surface area contributed by atoms with Crippen LogP contribution < -0.4 is 4.74 Å². The van der Waals surface area contributed by atoms with Gasteiger partial charge in [0.15, 0.2) is 0 Å². The van der Waals surface area contributed by atoms with Crippen molar-refractivity contribution in [1.29, 1.82) is 0 Å². The molecule has 18 heavy (non-hydrogen) atoms. The molecule has 5 nitrogen and oxygen atoms in total. The van der Waals surface area contributed by atoms with Crippen LogP contribution in [0.3, 0.4) is 0 Å². The molecule has 0 fully saturated rings. The van der Waals surface area contributed by atoms with Gasteiger partial charge in [-0.05, 0) is 19.3 Å². The summed E-state index contributed by atoms with van der Waals surface area (Å²) < 4.78 is 7.42. The molecule has 0 bridgehead atoms. The quantitative estimate of drug-likeness (QED) is 0.783. The van der Waals surface area contributed by atoms with Gasteiger partial charge in [0.05, 0.1) is 6.61 Å². The lowest BCUT2D eigenvalue weighted by molar-refractivity contribution is 0.236. The average Bonchev–Trinajstić information content (AvgIpc) is 2.77. The van der Waals surface area contributed by atoms with Crippen LogP contribution in [0.5, 0.6) is 5.88 Å². The summed E-state index contributed by atoms with van der Waals surface area (Å²) >= 11 is 6.05. The predicted octanol–water partition coefficient (Wildman–Crippen LogP) is 2.90. The summed E-state index contributed by atoms with van der Waals surface area (Å²) in [5.74, 6) is 1.59. The van der Waals surface area contributed by atoms with E-state index in [2.05, 4.69) is 28.9 Å². The van der Waals surface area contributed by atoms with Gasteiger partial charge in [-0.25, -0.2) is 0 Å². The van der Waals surface area contributed by atoms with Gasteiger partial charge in [-0.2, -0.15) is 19.6 Å². The number of ether oxygens (including phenoxy) is 1. The zero-order valence-electron chi connectivity index (χ0n) is 10.9. The predicted molar refractivity (Wildman–Crippen MR) is 70.1 cm³/mol. The Labute approximate surface area is 111 Å². The molecular formula is C12H17ClN4O. The molecule has 0 aliphatic rings. The van der Waals surface area contributed by atoms with Crippen molar-refractivity contribution in [3.05, 3.63) is 17.0 Å². The molecule has 1 unspecified atom stereocenters.